The molecule has 0 aliphatic carbocycles. The highest BCUT2D eigenvalue weighted by molar-refractivity contribution is 7.11. The van der Waals surface area contributed by atoms with Crippen LogP contribution in [-0.4, -0.2) is 23.5 Å². The Morgan fingerprint density at radius 1 is 1.25 bits per heavy atom. The maximum absolute atomic E-state index is 12.1. The zero-order valence-electron chi connectivity index (χ0n) is 11.1. The van der Waals surface area contributed by atoms with Crippen molar-refractivity contribution >= 4 is 29.2 Å². The van der Waals surface area contributed by atoms with E-state index < -0.39 is 23.5 Å². The van der Waals surface area contributed by atoms with Gasteiger partial charge >= 0.3 is 12.1 Å². The van der Waals surface area contributed by atoms with Crippen LogP contribution in [-0.2, 0) is 9.53 Å². The highest BCUT2D eigenvalue weighted by atomic mass is 32.1. The van der Waals surface area contributed by atoms with E-state index in [4.69, 9.17) is 4.74 Å². The molecule has 0 N–H and O–H groups in total. The Kier molecular flexibility index (Phi) is 4.75. The molecule has 1 rings (SSSR count). The Morgan fingerprint density at radius 3 is 2.35 bits per heavy atom. The SMILES string of the molecule is CC(C)(C)OC(=O)c1ccsc1/C=C/C(=O)C(F)(F)F. The van der Waals surface area contributed by atoms with Gasteiger partial charge in [0.25, 0.3) is 5.78 Å². The summed E-state index contributed by atoms with van der Waals surface area (Å²) in [5.41, 5.74) is -0.571. The van der Waals surface area contributed by atoms with E-state index in [1.807, 2.05) is 0 Å². The molecule has 0 aromatic carbocycles. The molecule has 1 heterocycles. The molecule has 1 aromatic heterocycles. The number of ketones is 1. The Hall–Kier alpha value is -1.63. The molecule has 3 nitrogen and oxygen atoms in total. The summed E-state index contributed by atoms with van der Waals surface area (Å²) < 4.78 is 41.3. The number of ether oxygens (including phenoxy) is 1. The van der Waals surface area contributed by atoms with Gasteiger partial charge in [-0.2, -0.15) is 13.2 Å². The van der Waals surface area contributed by atoms with Gasteiger partial charge in [-0.1, -0.05) is 0 Å². The van der Waals surface area contributed by atoms with Crippen molar-refractivity contribution in [1.82, 2.24) is 0 Å². The lowest BCUT2D eigenvalue weighted by atomic mass is 10.2. The summed E-state index contributed by atoms with van der Waals surface area (Å²) in [5.74, 6) is -2.61. The van der Waals surface area contributed by atoms with E-state index in [9.17, 15) is 22.8 Å². The van der Waals surface area contributed by atoms with Gasteiger partial charge in [-0.15, -0.1) is 11.3 Å². The molecule has 0 saturated heterocycles. The van der Waals surface area contributed by atoms with E-state index in [-0.39, 0.29) is 10.4 Å². The Labute approximate surface area is 118 Å². The van der Waals surface area contributed by atoms with Crippen LogP contribution < -0.4 is 0 Å². The quantitative estimate of drug-likeness (QED) is 0.629. The second kappa shape index (κ2) is 5.78. The second-order valence-corrected chi connectivity index (χ2v) is 5.84. The number of halogens is 3. The zero-order valence-corrected chi connectivity index (χ0v) is 11.9. The van der Waals surface area contributed by atoms with Crippen molar-refractivity contribution < 1.29 is 27.5 Å². The summed E-state index contributed by atoms with van der Waals surface area (Å²) in [7, 11) is 0. The van der Waals surface area contributed by atoms with Crippen LogP contribution in [0.4, 0.5) is 13.2 Å². The van der Waals surface area contributed by atoms with Gasteiger partial charge < -0.3 is 4.74 Å². The van der Waals surface area contributed by atoms with Gasteiger partial charge in [0.05, 0.1) is 5.56 Å². The number of hydrogen-bond acceptors (Lipinski definition) is 4. The standard InChI is InChI=1S/C13H13F3O3S/c1-12(2,3)19-11(18)8-6-7-20-9(8)4-5-10(17)13(14,15)16/h4-7H,1-3H3/b5-4+. The summed E-state index contributed by atoms with van der Waals surface area (Å²) in [6, 6.07) is 1.44. The molecular weight excluding hydrogens is 293 g/mol. The average molecular weight is 306 g/mol. The van der Waals surface area contributed by atoms with Crippen molar-refractivity contribution in [1.29, 1.82) is 0 Å². The molecule has 7 heteroatoms. The number of rotatable bonds is 3. The third-order valence-electron chi connectivity index (χ3n) is 1.98. The van der Waals surface area contributed by atoms with Crippen LogP contribution in [0.5, 0.6) is 0 Å². The first-order chi connectivity index (χ1) is 9.00. The fraction of sp³-hybridized carbons (Fsp3) is 0.385. The minimum atomic E-state index is -4.92. The lowest BCUT2D eigenvalue weighted by Crippen LogP contribution is -2.24. The molecule has 1 aromatic rings. The number of thiophene rings is 1. The van der Waals surface area contributed by atoms with E-state index in [0.29, 0.717) is 6.08 Å². The van der Waals surface area contributed by atoms with Gasteiger partial charge in [0.15, 0.2) is 0 Å². The maximum atomic E-state index is 12.1. The van der Waals surface area contributed by atoms with Gasteiger partial charge in [0.2, 0.25) is 0 Å². The molecular formula is C13H13F3O3S. The van der Waals surface area contributed by atoms with E-state index in [1.54, 1.807) is 20.8 Å². The summed E-state index contributed by atoms with van der Waals surface area (Å²) in [6.45, 7) is 5.04. The minimum absolute atomic E-state index is 0.135. The Morgan fingerprint density at radius 2 is 1.85 bits per heavy atom. The van der Waals surface area contributed by atoms with Crippen molar-refractivity contribution in [3.63, 3.8) is 0 Å². The van der Waals surface area contributed by atoms with Gasteiger partial charge in [-0.3, -0.25) is 4.79 Å². The first kappa shape index (κ1) is 16.4. The topological polar surface area (TPSA) is 43.4 Å². The molecule has 110 valence electrons. The lowest BCUT2D eigenvalue weighted by molar-refractivity contribution is -0.165. The van der Waals surface area contributed by atoms with Crippen molar-refractivity contribution in [2.24, 2.45) is 0 Å². The van der Waals surface area contributed by atoms with Crippen LogP contribution in [0.2, 0.25) is 0 Å². The monoisotopic (exact) mass is 306 g/mol. The van der Waals surface area contributed by atoms with E-state index in [0.717, 1.165) is 17.4 Å². The van der Waals surface area contributed by atoms with Crippen molar-refractivity contribution in [2.75, 3.05) is 0 Å². The predicted octanol–water partition coefficient (Wildman–Crippen LogP) is 3.85. The van der Waals surface area contributed by atoms with Crippen molar-refractivity contribution in [2.45, 2.75) is 32.5 Å². The number of hydrogen-bond donors (Lipinski definition) is 0. The largest absolute Gasteiger partial charge is 0.456 e. The van der Waals surface area contributed by atoms with Gasteiger partial charge in [-0.25, -0.2) is 4.79 Å². The van der Waals surface area contributed by atoms with Crippen molar-refractivity contribution in [3.05, 3.63) is 28.0 Å². The first-order valence-corrected chi connectivity index (χ1v) is 6.49. The highest BCUT2D eigenvalue weighted by Crippen LogP contribution is 2.23. The summed E-state index contributed by atoms with van der Waals surface area (Å²) >= 11 is 1.05. The molecule has 0 fully saturated rings. The highest BCUT2D eigenvalue weighted by Gasteiger charge is 2.36. The molecule has 0 spiro atoms. The fourth-order valence-electron chi connectivity index (χ4n) is 1.20. The van der Waals surface area contributed by atoms with Crippen LogP contribution in [0, 0.1) is 0 Å². The van der Waals surface area contributed by atoms with E-state index in [2.05, 4.69) is 0 Å². The third-order valence-corrected chi connectivity index (χ3v) is 2.86. The molecule has 0 saturated carbocycles. The van der Waals surface area contributed by atoms with Crippen LogP contribution >= 0.6 is 11.3 Å². The molecule has 0 atom stereocenters. The molecule has 0 aliphatic heterocycles. The summed E-state index contributed by atoms with van der Waals surface area (Å²) in [4.78, 5) is 22.8. The maximum Gasteiger partial charge on any atom is 0.454 e. The summed E-state index contributed by atoms with van der Waals surface area (Å²) in [6.07, 6.45) is -3.54. The number of carbonyl (C=O) groups excluding carboxylic acids is 2. The number of alkyl halides is 3. The van der Waals surface area contributed by atoms with Gasteiger partial charge in [-0.05, 0) is 44.4 Å². The molecule has 0 amide bonds. The smallest absolute Gasteiger partial charge is 0.454 e. The second-order valence-electron chi connectivity index (χ2n) is 4.90. The molecule has 20 heavy (non-hydrogen) atoms. The fourth-order valence-corrected chi connectivity index (χ4v) is 1.97. The molecule has 0 radical (unpaired) electrons. The normalized spacial score (nSPS) is 12.7. The van der Waals surface area contributed by atoms with Gasteiger partial charge in [0, 0.05) is 4.88 Å². The number of carbonyl (C=O) groups is 2. The van der Waals surface area contributed by atoms with Crippen LogP contribution in [0.15, 0.2) is 17.5 Å². The van der Waals surface area contributed by atoms with Crippen LogP contribution in [0.3, 0.4) is 0 Å². The Bertz CT molecular complexity index is 536. The average Bonchev–Trinajstić information content (AvgIpc) is 2.70. The van der Waals surface area contributed by atoms with Crippen LogP contribution in [0.1, 0.15) is 36.0 Å². The molecule has 0 bridgehead atoms. The zero-order chi connectivity index (χ0) is 15.6. The molecule has 0 aliphatic rings. The third kappa shape index (κ3) is 4.80. The number of esters is 1. The van der Waals surface area contributed by atoms with Crippen molar-refractivity contribution in [3.8, 4) is 0 Å². The number of allylic oxidation sites excluding steroid dienone is 1. The lowest BCUT2D eigenvalue weighted by Gasteiger charge is -2.19. The van der Waals surface area contributed by atoms with Gasteiger partial charge in [0.1, 0.15) is 5.60 Å². The molecule has 0 unspecified atom stereocenters. The van der Waals surface area contributed by atoms with E-state index >= 15 is 0 Å². The van der Waals surface area contributed by atoms with E-state index in [1.165, 1.54) is 11.4 Å². The Balaban J connectivity index is 2.90. The van der Waals surface area contributed by atoms with Crippen LogP contribution in [0.25, 0.3) is 6.08 Å². The summed E-state index contributed by atoms with van der Waals surface area (Å²) in [5, 5.41) is 1.54. The first-order valence-electron chi connectivity index (χ1n) is 5.61. The predicted molar refractivity (Wildman–Crippen MR) is 69.6 cm³/mol. The minimum Gasteiger partial charge on any atom is -0.456 e.